The van der Waals surface area contributed by atoms with Gasteiger partial charge in [-0.1, -0.05) is 18.2 Å². The van der Waals surface area contributed by atoms with Gasteiger partial charge in [0.1, 0.15) is 0 Å². The third-order valence-electron chi connectivity index (χ3n) is 4.33. The molecule has 1 aromatic heterocycles. The van der Waals surface area contributed by atoms with E-state index in [9.17, 15) is 14.7 Å². The molecule has 0 radical (unpaired) electrons. The summed E-state index contributed by atoms with van der Waals surface area (Å²) in [4.78, 5) is 30.7. The number of amides is 1. The van der Waals surface area contributed by atoms with Crippen LogP contribution in [0.3, 0.4) is 0 Å². The Bertz CT molecular complexity index is 844. The Hall–Kier alpha value is -3.04. The number of hydrogen-bond acceptors (Lipinski definition) is 5. The third-order valence-corrected chi connectivity index (χ3v) is 4.33. The zero-order valence-electron chi connectivity index (χ0n) is 13.6. The van der Waals surface area contributed by atoms with Crippen LogP contribution in [0.4, 0.5) is 5.69 Å². The quantitative estimate of drug-likeness (QED) is 0.645. The van der Waals surface area contributed by atoms with Crippen molar-refractivity contribution in [3.8, 4) is 6.07 Å². The number of hydrogen-bond donors (Lipinski definition) is 1. The number of nitriles is 1. The van der Waals surface area contributed by atoms with Gasteiger partial charge >= 0.3 is 0 Å². The topological polar surface area (TPSA) is 94.3 Å². The number of Topliss-reactive ketones (excluding diaryl/α,β-unsaturated/α-hetero) is 1. The van der Waals surface area contributed by atoms with Crippen molar-refractivity contribution in [2.24, 2.45) is 0 Å². The molecule has 0 fully saturated rings. The molecule has 1 N–H and O–H groups in total. The number of pyridine rings is 1. The predicted molar refractivity (Wildman–Crippen MR) is 90.7 cm³/mol. The first kappa shape index (κ1) is 16.8. The zero-order chi connectivity index (χ0) is 17.9. The van der Waals surface area contributed by atoms with Gasteiger partial charge in [0.15, 0.2) is 11.4 Å². The number of carbonyl (C=O) groups excluding carboxylic acids is 2. The average Bonchev–Trinajstić information content (AvgIpc) is 2.85. The van der Waals surface area contributed by atoms with E-state index in [1.807, 2.05) is 6.07 Å². The van der Waals surface area contributed by atoms with E-state index in [-0.39, 0.29) is 12.2 Å². The van der Waals surface area contributed by atoms with Crippen LogP contribution in [0.25, 0.3) is 0 Å². The number of aromatic nitrogens is 1. The lowest BCUT2D eigenvalue weighted by molar-refractivity contribution is -0.135. The fraction of sp³-hybridized carbons (Fsp3) is 0.263. The van der Waals surface area contributed by atoms with Crippen molar-refractivity contribution >= 4 is 17.4 Å². The molecule has 0 saturated carbocycles. The lowest BCUT2D eigenvalue weighted by Gasteiger charge is -2.22. The number of fused-ring (bicyclic) bond motifs is 1. The maximum Gasteiger partial charge on any atom is 0.264 e. The smallest absolute Gasteiger partial charge is 0.264 e. The van der Waals surface area contributed by atoms with Gasteiger partial charge in [-0.05, 0) is 24.6 Å². The number of unbranched alkanes of at least 4 members (excludes halogenated alkanes) is 1. The lowest BCUT2D eigenvalue weighted by atomic mass is 9.88. The van der Waals surface area contributed by atoms with Crippen LogP contribution >= 0.6 is 0 Å². The highest BCUT2D eigenvalue weighted by molar-refractivity contribution is 6.10. The molecule has 1 atom stereocenters. The highest BCUT2D eigenvalue weighted by atomic mass is 16.3. The number of ketones is 1. The summed E-state index contributed by atoms with van der Waals surface area (Å²) in [6, 6.07) is 12.1. The second kappa shape index (κ2) is 6.83. The first-order chi connectivity index (χ1) is 12.1. The first-order valence-electron chi connectivity index (χ1n) is 8.02. The zero-order valence-corrected chi connectivity index (χ0v) is 13.6. The average molecular weight is 335 g/mol. The van der Waals surface area contributed by atoms with Crippen LogP contribution < -0.4 is 4.90 Å². The number of aliphatic hydroxyl groups is 1. The van der Waals surface area contributed by atoms with Crippen LogP contribution in [0.1, 0.15) is 35.2 Å². The number of anilines is 1. The molecule has 25 heavy (non-hydrogen) atoms. The molecule has 0 spiro atoms. The van der Waals surface area contributed by atoms with Crippen molar-refractivity contribution in [1.82, 2.24) is 4.98 Å². The van der Waals surface area contributed by atoms with E-state index >= 15 is 0 Å². The fourth-order valence-corrected chi connectivity index (χ4v) is 3.09. The molecule has 1 amide bonds. The summed E-state index contributed by atoms with van der Waals surface area (Å²) in [5, 5.41) is 19.8. The Morgan fingerprint density at radius 2 is 1.96 bits per heavy atom. The minimum absolute atomic E-state index is 0.320. The minimum Gasteiger partial charge on any atom is -0.375 e. The second-order valence-electron chi connectivity index (χ2n) is 5.93. The number of rotatable bonds is 6. The van der Waals surface area contributed by atoms with E-state index in [1.54, 1.807) is 36.4 Å². The molecule has 3 rings (SSSR count). The highest BCUT2D eigenvalue weighted by Gasteiger charge is 2.50. The van der Waals surface area contributed by atoms with E-state index < -0.39 is 11.5 Å². The van der Waals surface area contributed by atoms with E-state index in [0.717, 1.165) is 0 Å². The van der Waals surface area contributed by atoms with Gasteiger partial charge in [-0.3, -0.25) is 14.6 Å². The molecule has 0 aliphatic carbocycles. The van der Waals surface area contributed by atoms with Crippen molar-refractivity contribution in [2.75, 3.05) is 11.4 Å². The standard InChI is InChI=1S/C19H17N3O3/c20-9-3-4-12-22-16-6-2-1-5-15(16)19(25,18(22)24)13-17(23)14-7-10-21-11-8-14/h1-2,5-8,10-11,25H,3-4,12-13H2/t19-/m1/s1. The Morgan fingerprint density at radius 1 is 1.24 bits per heavy atom. The van der Waals surface area contributed by atoms with Gasteiger partial charge in [0.05, 0.1) is 18.2 Å². The van der Waals surface area contributed by atoms with Gasteiger partial charge in [-0.25, -0.2) is 0 Å². The summed E-state index contributed by atoms with van der Waals surface area (Å²) in [6.07, 6.45) is 3.48. The molecule has 6 nitrogen and oxygen atoms in total. The summed E-state index contributed by atoms with van der Waals surface area (Å²) in [7, 11) is 0. The molecule has 1 aliphatic rings. The number of carbonyl (C=O) groups is 2. The number of para-hydroxylation sites is 1. The molecule has 126 valence electrons. The van der Waals surface area contributed by atoms with E-state index in [0.29, 0.717) is 36.2 Å². The fourth-order valence-electron chi connectivity index (χ4n) is 3.09. The van der Waals surface area contributed by atoms with Gasteiger partial charge in [0.25, 0.3) is 5.91 Å². The Labute approximate surface area is 145 Å². The van der Waals surface area contributed by atoms with Gasteiger partial charge in [0, 0.05) is 36.5 Å². The Balaban J connectivity index is 1.91. The normalized spacial score (nSPS) is 18.7. The summed E-state index contributed by atoms with van der Waals surface area (Å²) < 4.78 is 0. The molecular weight excluding hydrogens is 318 g/mol. The summed E-state index contributed by atoms with van der Waals surface area (Å²) in [5.74, 6) is -0.846. The summed E-state index contributed by atoms with van der Waals surface area (Å²) in [5.41, 5.74) is -0.463. The van der Waals surface area contributed by atoms with Crippen LogP contribution in [0.15, 0.2) is 48.8 Å². The van der Waals surface area contributed by atoms with Gasteiger partial charge < -0.3 is 10.0 Å². The molecular formula is C19H17N3O3. The molecule has 1 aromatic carbocycles. The SMILES string of the molecule is N#CCCCN1C(=O)[C@@](O)(CC(=O)c2ccncc2)c2ccccc21. The highest BCUT2D eigenvalue weighted by Crippen LogP contribution is 2.42. The molecule has 0 bridgehead atoms. The van der Waals surface area contributed by atoms with Gasteiger partial charge in [0.2, 0.25) is 0 Å². The molecule has 0 saturated heterocycles. The predicted octanol–water partition coefficient (Wildman–Crippen LogP) is 2.19. The van der Waals surface area contributed by atoms with Crippen LogP contribution in [0.5, 0.6) is 0 Å². The van der Waals surface area contributed by atoms with Gasteiger partial charge in [-0.2, -0.15) is 5.26 Å². The summed E-state index contributed by atoms with van der Waals surface area (Å²) >= 11 is 0. The number of benzene rings is 1. The van der Waals surface area contributed by atoms with Crippen LogP contribution in [0, 0.1) is 11.3 Å². The molecule has 2 heterocycles. The molecule has 1 aliphatic heterocycles. The monoisotopic (exact) mass is 335 g/mol. The van der Waals surface area contributed by atoms with Gasteiger partial charge in [-0.15, -0.1) is 0 Å². The number of nitrogens with zero attached hydrogens (tertiary/aromatic N) is 3. The Morgan fingerprint density at radius 3 is 2.68 bits per heavy atom. The van der Waals surface area contributed by atoms with Crippen molar-refractivity contribution in [2.45, 2.75) is 24.9 Å². The van der Waals surface area contributed by atoms with E-state index in [1.165, 1.54) is 17.3 Å². The van der Waals surface area contributed by atoms with E-state index in [2.05, 4.69) is 4.98 Å². The molecule has 2 aromatic rings. The lowest BCUT2D eigenvalue weighted by Crippen LogP contribution is -2.42. The summed E-state index contributed by atoms with van der Waals surface area (Å²) in [6.45, 7) is 0.329. The van der Waals surface area contributed by atoms with Crippen LogP contribution in [-0.2, 0) is 10.4 Å². The minimum atomic E-state index is -1.89. The first-order valence-corrected chi connectivity index (χ1v) is 8.02. The van der Waals surface area contributed by atoms with Crippen molar-refractivity contribution < 1.29 is 14.7 Å². The van der Waals surface area contributed by atoms with Crippen LogP contribution in [0.2, 0.25) is 0 Å². The van der Waals surface area contributed by atoms with Crippen molar-refractivity contribution in [3.63, 3.8) is 0 Å². The van der Waals surface area contributed by atoms with Crippen molar-refractivity contribution in [3.05, 3.63) is 59.9 Å². The second-order valence-corrected chi connectivity index (χ2v) is 5.93. The van der Waals surface area contributed by atoms with Crippen LogP contribution in [-0.4, -0.2) is 28.3 Å². The third kappa shape index (κ3) is 3.02. The maximum atomic E-state index is 12.9. The molecule has 0 unspecified atom stereocenters. The van der Waals surface area contributed by atoms with E-state index in [4.69, 9.17) is 5.26 Å². The largest absolute Gasteiger partial charge is 0.375 e. The molecule has 6 heteroatoms. The maximum absolute atomic E-state index is 12.9. The Kier molecular flexibility index (Phi) is 4.59. The van der Waals surface area contributed by atoms with Crippen molar-refractivity contribution in [1.29, 1.82) is 5.26 Å².